The molecule has 2 aliphatic rings. The van der Waals surface area contributed by atoms with Crippen molar-refractivity contribution < 1.29 is 4.74 Å². The van der Waals surface area contributed by atoms with Gasteiger partial charge in [-0.25, -0.2) is 4.99 Å². The number of ether oxygens (including phenoxy) is 1. The van der Waals surface area contributed by atoms with Crippen molar-refractivity contribution in [3.05, 3.63) is 0 Å². The number of likely N-dealkylation sites (tertiary alicyclic amines) is 1. The van der Waals surface area contributed by atoms with Crippen LogP contribution >= 0.6 is 0 Å². The number of aliphatic imine (C=N–C) groups is 1. The van der Waals surface area contributed by atoms with Gasteiger partial charge in [-0.1, -0.05) is 0 Å². The van der Waals surface area contributed by atoms with E-state index in [1.165, 1.54) is 0 Å². The van der Waals surface area contributed by atoms with Gasteiger partial charge in [0.15, 0.2) is 0 Å². The SMILES string of the molecule is CC1(C)CC(N)CC(C)(C)N1C1=NCCO1. The van der Waals surface area contributed by atoms with E-state index in [1.54, 1.807) is 0 Å². The highest BCUT2D eigenvalue weighted by atomic mass is 16.5. The molecule has 0 bridgehead atoms. The predicted octanol–water partition coefficient (Wildman–Crippen LogP) is 1.35. The lowest BCUT2D eigenvalue weighted by Crippen LogP contribution is -2.65. The second kappa shape index (κ2) is 3.62. The highest BCUT2D eigenvalue weighted by molar-refractivity contribution is 5.77. The Bertz CT molecular complexity index is 291. The van der Waals surface area contributed by atoms with Crippen molar-refractivity contribution in [1.82, 2.24) is 4.90 Å². The smallest absolute Gasteiger partial charge is 0.288 e. The molecule has 2 heterocycles. The standard InChI is InChI=1S/C12H23N3O/c1-11(2)7-9(13)8-12(3,4)15(11)10-14-5-6-16-10/h9H,5-8,13H2,1-4H3. The Hall–Kier alpha value is -0.770. The average Bonchev–Trinajstić information content (AvgIpc) is 2.50. The Morgan fingerprint density at radius 2 is 1.81 bits per heavy atom. The second-order valence-electron chi connectivity index (χ2n) is 6.14. The summed E-state index contributed by atoms with van der Waals surface area (Å²) in [5.41, 5.74) is 6.18. The quantitative estimate of drug-likeness (QED) is 0.677. The van der Waals surface area contributed by atoms with Gasteiger partial charge in [-0.05, 0) is 40.5 Å². The predicted molar refractivity (Wildman–Crippen MR) is 65.5 cm³/mol. The van der Waals surface area contributed by atoms with Crippen molar-refractivity contribution in [3.63, 3.8) is 0 Å². The molecule has 0 aliphatic carbocycles. The number of hydrogen-bond acceptors (Lipinski definition) is 4. The molecule has 4 heteroatoms. The van der Waals surface area contributed by atoms with Crippen LogP contribution in [0.1, 0.15) is 40.5 Å². The number of hydrogen-bond donors (Lipinski definition) is 1. The third kappa shape index (κ3) is 1.90. The molecule has 1 saturated heterocycles. The highest BCUT2D eigenvalue weighted by Crippen LogP contribution is 2.38. The Labute approximate surface area is 97.9 Å². The largest absolute Gasteiger partial charge is 0.463 e. The van der Waals surface area contributed by atoms with Crippen LogP contribution in [0.3, 0.4) is 0 Å². The molecule has 2 N–H and O–H groups in total. The molecule has 0 aromatic heterocycles. The molecular weight excluding hydrogens is 202 g/mol. The number of nitrogens with zero attached hydrogens (tertiary/aromatic N) is 2. The Morgan fingerprint density at radius 1 is 1.25 bits per heavy atom. The molecule has 2 aliphatic heterocycles. The summed E-state index contributed by atoms with van der Waals surface area (Å²) in [5, 5.41) is 0. The Morgan fingerprint density at radius 3 is 2.25 bits per heavy atom. The number of amidine groups is 1. The summed E-state index contributed by atoms with van der Waals surface area (Å²) in [6.07, 6.45) is 1.97. The Balaban J connectivity index is 2.31. The van der Waals surface area contributed by atoms with Crippen LogP contribution in [-0.4, -0.2) is 41.2 Å². The summed E-state index contributed by atoms with van der Waals surface area (Å²) in [5.74, 6) is 0. The minimum atomic E-state index is 0.0182. The number of rotatable bonds is 0. The summed E-state index contributed by atoms with van der Waals surface area (Å²) in [6, 6.07) is 1.07. The zero-order valence-corrected chi connectivity index (χ0v) is 10.8. The van der Waals surface area contributed by atoms with Crippen LogP contribution < -0.4 is 5.73 Å². The molecule has 0 aromatic rings. The van der Waals surface area contributed by atoms with Crippen LogP contribution in [0.15, 0.2) is 4.99 Å². The number of nitrogens with two attached hydrogens (primary N) is 1. The van der Waals surface area contributed by atoms with Crippen molar-refractivity contribution in [2.75, 3.05) is 13.2 Å². The van der Waals surface area contributed by atoms with Crippen molar-refractivity contribution >= 4 is 6.02 Å². The van der Waals surface area contributed by atoms with Gasteiger partial charge in [-0.2, -0.15) is 0 Å². The first-order valence-corrected chi connectivity index (χ1v) is 6.06. The molecular formula is C12H23N3O. The molecule has 92 valence electrons. The molecule has 0 spiro atoms. The summed E-state index contributed by atoms with van der Waals surface area (Å²) < 4.78 is 5.63. The van der Waals surface area contributed by atoms with E-state index < -0.39 is 0 Å². The molecule has 0 atom stereocenters. The molecule has 4 nitrogen and oxygen atoms in total. The van der Waals surface area contributed by atoms with E-state index in [1.807, 2.05) is 0 Å². The van der Waals surface area contributed by atoms with Crippen LogP contribution in [0, 0.1) is 0 Å². The molecule has 0 amide bonds. The molecule has 0 saturated carbocycles. The van der Waals surface area contributed by atoms with Gasteiger partial charge in [0, 0.05) is 17.1 Å². The van der Waals surface area contributed by atoms with Crippen molar-refractivity contribution in [3.8, 4) is 0 Å². The third-order valence-electron chi connectivity index (χ3n) is 3.49. The maximum atomic E-state index is 6.14. The average molecular weight is 225 g/mol. The summed E-state index contributed by atoms with van der Waals surface area (Å²) in [6.45, 7) is 10.4. The van der Waals surface area contributed by atoms with Crippen LogP contribution in [0.4, 0.5) is 0 Å². The van der Waals surface area contributed by atoms with Gasteiger partial charge in [0.1, 0.15) is 6.61 Å². The molecule has 16 heavy (non-hydrogen) atoms. The monoisotopic (exact) mass is 225 g/mol. The van der Waals surface area contributed by atoms with Crippen molar-refractivity contribution in [2.24, 2.45) is 10.7 Å². The van der Waals surface area contributed by atoms with Crippen molar-refractivity contribution in [1.29, 1.82) is 0 Å². The fraction of sp³-hybridized carbons (Fsp3) is 0.917. The lowest BCUT2D eigenvalue weighted by molar-refractivity contribution is 0.00969. The van der Waals surface area contributed by atoms with E-state index in [-0.39, 0.29) is 17.1 Å². The van der Waals surface area contributed by atoms with Gasteiger partial charge in [0.25, 0.3) is 6.02 Å². The maximum absolute atomic E-state index is 6.14. The highest BCUT2D eigenvalue weighted by Gasteiger charge is 2.47. The van der Waals surface area contributed by atoms with Crippen LogP contribution in [0.5, 0.6) is 0 Å². The summed E-state index contributed by atoms with van der Waals surface area (Å²) in [4.78, 5) is 6.77. The summed E-state index contributed by atoms with van der Waals surface area (Å²) >= 11 is 0. The topological polar surface area (TPSA) is 50.8 Å². The molecule has 0 unspecified atom stereocenters. The van der Waals surface area contributed by atoms with Gasteiger partial charge < -0.3 is 15.4 Å². The first-order chi connectivity index (χ1) is 7.33. The van der Waals surface area contributed by atoms with Gasteiger partial charge in [0.05, 0.1) is 6.54 Å². The lowest BCUT2D eigenvalue weighted by atomic mass is 9.77. The first kappa shape index (κ1) is 11.7. The van der Waals surface area contributed by atoms with E-state index in [4.69, 9.17) is 10.5 Å². The zero-order valence-electron chi connectivity index (χ0n) is 10.8. The van der Waals surface area contributed by atoms with Gasteiger partial charge in [-0.3, -0.25) is 0 Å². The minimum absolute atomic E-state index is 0.0182. The normalized spacial score (nSPS) is 28.8. The van der Waals surface area contributed by atoms with E-state index >= 15 is 0 Å². The van der Waals surface area contributed by atoms with Crippen molar-refractivity contribution in [2.45, 2.75) is 57.7 Å². The molecule has 1 fully saturated rings. The van der Waals surface area contributed by atoms with E-state index in [0.717, 1.165) is 25.4 Å². The van der Waals surface area contributed by atoms with E-state index in [9.17, 15) is 0 Å². The third-order valence-corrected chi connectivity index (χ3v) is 3.49. The molecule has 2 rings (SSSR count). The van der Waals surface area contributed by atoms with Gasteiger partial charge in [-0.15, -0.1) is 0 Å². The van der Waals surface area contributed by atoms with Crippen LogP contribution in [-0.2, 0) is 4.74 Å². The number of piperidine rings is 1. The zero-order chi connectivity index (χ0) is 12.0. The van der Waals surface area contributed by atoms with Gasteiger partial charge >= 0.3 is 0 Å². The van der Waals surface area contributed by atoms with Gasteiger partial charge in [0.2, 0.25) is 0 Å². The lowest BCUT2D eigenvalue weighted by Gasteiger charge is -2.54. The molecule has 0 radical (unpaired) electrons. The van der Waals surface area contributed by atoms with Crippen LogP contribution in [0.2, 0.25) is 0 Å². The Kier molecular flexibility index (Phi) is 2.65. The fourth-order valence-corrected chi connectivity index (χ4v) is 3.33. The second-order valence-corrected chi connectivity index (χ2v) is 6.14. The van der Waals surface area contributed by atoms with Crippen LogP contribution in [0.25, 0.3) is 0 Å². The minimum Gasteiger partial charge on any atom is -0.463 e. The maximum Gasteiger partial charge on any atom is 0.288 e. The molecule has 0 aromatic carbocycles. The summed E-state index contributed by atoms with van der Waals surface area (Å²) in [7, 11) is 0. The van der Waals surface area contributed by atoms with E-state index in [2.05, 4.69) is 37.6 Å². The van der Waals surface area contributed by atoms with E-state index in [0.29, 0.717) is 6.61 Å². The first-order valence-electron chi connectivity index (χ1n) is 6.06. The fourth-order valence-electron chi connectivity index (χ4n) is 3.33.